The van der Waals surface area contributed by atoms with Crippen LogP contribution < -0.4 is 4.90 Å². The largest absolute Gasteiger partial charge is 0.392 e. The van der Waals surface area contributed by atoms with Crippen molar-refractivity contribution in [2.75, 3.05) is 24.6 Å². The predicted octanol–water partition coefficient (Wildman–Crippen LogP) is 2.02. The van der Waals surface area contributed by atoms with Crippen LogP contribution in [0.5, 0.6) is 0 Å². The quantitative estimate of drug-likeness (QED) is 0.925. The van der Waals surface area contributed by atoms with Crippen molar-refractivity contribution in [2.24, 2.45) is 5.41 Å². The van der Waals surface area contributed by atoms with Crippen LogP contribution in [0.1, 0.15) is 37.4 Å². The Labute approximate surface area is 131 Å². The van der Waals surface area contributed by atoms with Crippen molar-refractivity contribution in [2.45, 2.75) is 45.3 Å². The second-order valence-electron chi connectivity index (χ2n) is 6.35. The van der Waals surface area contributed by atoms with E-state index in [1.165, 1.54) is 0 Å². The first-order valence-electron chi connectivity index (χ1n) is 8.03. The molecule has 0 radical (unpaired) electrons. The van der Waals surface area contributed by atoms with Crippen LogP contribution in [0.3, 0.4) is 0 Å². The third-order valence-electron chi connectivity index (χ3n) is 5.24. The average molecular weight is 301 g/mol. The summed E-state index contributed by atoms with van der Waals surface area (Å²) in [5, 5.41) is 19.5. The predicted molar refractivity (Wildman–Crippen MR) is 83.6 cm³/mol. The van der Waals surface area contributed by atoms with Crippen LogP contribution in [0.15, 0.2) is 12.1 Å². The van der Waals surface area contributed by atoms with E-state index in [0.29, 0.717) is 12.2 Å². The van der Waals surface area contributed by atoms with Gasteiger partial charge in [0.25, 0.3) is 0 Å². The molecule has 22 heavy (non-hydrogen) atoms. The molecule has 1 aromatic heterocycles. The van der Waals surface area contributed by atoms with Crippen LogP contribution in [0.4, 0.5) is 5.82 Å². The van der Waals surface area contributed by atoms with E-state index in [2.05, 4.69) is 16.0 Å². The first kappa shape index (κ1) is 15.3. The Bertz CT molecular complexity index is 586. The minimum Gasteiger partial charge on any atom is -0.392 e. The van der Waals surface area contributed by atoms with Gasteiger partial charge in [0, 0.05) is 37.2 Å². The van der Waals surface area contributed by atoms with Crippen molar-refractivity contribution < 1.29 is 9.84 Å². The molecule has 0 amide bonds. The fourth-order valence-corrected chi connectivity index (χ4v) is 3.82. The second-order valence-corrected chi connectivity index (χ2v) is 6.35. The summed E-state index contributed by atoms with van der Waals surface area (Å²) < 4.78 is 5.80. The number of hydrogen-bond acceptors (Lipinski definition) is 5. The summed E-state index contributed by atoms with van der Waals surface area (Å²) in [4.78, 5) is 6.71. The number of pyridine rings is 1. The van der Waals surface area contributed by atoms with Crippen LogP contribution in [0.2, 0.25) is 0 Å². The third kappa shape index (κ3) is 2.37. The molecule has 2 aliphatic rings. The molecule has 2 unspecified atom stereocenters. The number of ether oxygens (including phenoxy) is 1. The molecule has 5 heteroatoms. The molecule has 2 fully saturated rings. The molecule has 1 N–H and O–H groups in total. The summed E-state index contributed by atoms with van der Waals surface area (Å²) in [5.74, 6) is 0.777. The fourth-order valence-electron chi connectivity index (χ4n) is 3.82. The van der Waals surface area contributed by atoms with Gasteiger partial charge in [-0.2, -0.15) is 5.26 Å². The van der Waals surface area contributed by atoms with Gasteiger partial charge in [0.1, 0.15) is 11.9 Å². The Morgan fingerprint density at radius 2 is 2.18 bits per heavy atom. The third-order valence-corrected chi connectivity index (χ3v) is 5.24. The highest BCUT2D eigenvalue weighted by Gasteiger charge is 2.56. The van der Waals surface area contributed by atoms with Crippen LogP contribution in [0.25, 0.3) is 0 Å². The van der Waals surface area contributed by atoms with E-state index in [-0.39, 0.29) is 17.6 Å². The van der Waals surface area contributed by atoms with Crippen LogP contribution in [-0.4, -0.2) is 42.0 Å². The zero-order valence-electron chi connectivity index (χ0n) is 13.2. The van der Waals surface area contributed by atoms with Gasteiger partial charge >= 0.3 is 0 Å². The van der Waals surface area contributed by atoms with E-state index in [1.807, 2.05) is 26.0 Å². The van der Waals surface area contributed by atoms with E-state index in [1.54, 1.807) is 0 Å². The highest BCUT2D eigenvalue weighted by Crippen LogP contribution is 2.51. The van der Waals surface area contributed by atoms with Crippen molar-refractivity contribution >= 4 is 5.82 Å². The molecule has 1 aromatic rings. The topological polar surface area (TPSA) is 69.4 Å². The normalized spacial score (nSPS) is 26.5. The summed E-state index contributed by atoms with van der Waals surface area (Å²) in [7, 11) is 0. The van der Waals surface area contributed by atoms with Crippen LogP contribution >= 0.6 is 0 Å². The fraction of sp³-hybridized carbons (Fsp3) is 0.647. The maximum absolute atomic E-state index is 10.3. The number of nitriles is 1. The van der Waals surface area contributed by atoms with Gasteiger partial charge in [0.05, 0.1) is 17.8 Å². The lowest BCUT2D eigenvalue weighted by Gasteiger charge is -2.56. The molecule has 118 valence electrons. The maximum atomic E-state index is 10.3. The second kappa shape index (κ2) is 5.86. The van der Waals surface area contributed by atoms with Crippen molar-refractivity contribution in [3.63, 3.8) is 0 Å². The van der Waals surface area contributed by atoms with E-state index < -0.39 is 0 Å². The lowest BCUT2D eigenvalue weighted by atomic mass is 9.58. The van der Waals surface area contributed by atoms with Crippen molar-refractivity contribution in [3.8, 4) is 6.07 Å². The number of aromatic nitrogens is 1. The van der Waals surface area contributed by atoms with Gasteiger partial charge < -0.3 is 14.7 Å². The molecule has 2 atom stereocenters. The molecule has 3 rings (SSSR count). The van der Waals surface area contributed by atoms with E-state index in [4.69, 9.17) is 4.74 Å². The van der Waals surface area contributed by atoms with Gasteiger partial charge in [-0.15, -0.1) is 0 Å². The number of aliphatic hydroxyl groups is 1. The molecular weight excluding hydrogens is 278 g/mol. The lowest BCUT2D eigenvalue weighted by Crippen LogP contribution is -2.62. The Morgan fingerprint density at radius 1 is 1.45 bits per heavy atom. The smallest absolute Gasteiger partial charge is 0.146 e. The van der Waals surface area contributed by atoms with Crippen LogP contribution in [0, 0.1) is 23.7 Å². The summed E-state index contributed by atoms with van der Waals surface area (Å²) in [6.07, 6.45) is 2.45. The number of rotatable bonds is 3. The zero-order chi connectivity index (χ0) is 15.7. The first-order chi connectivity index (χ1) is 10.6. The molecule has 0 bridgehead atoms. The Hall–Kier alpha value is -1.64. The van der Waals surface area contributed by atoms with Crippen molar-refractivity contribution in [1.82, 2.24) is 4.98 Å². The van der Waals surface area contributed by atoms with Crippen molar-refractivity contribution in [1.29, 1.82) is 5.26 Å². The van der Waals surface area contributed by atoms with E-state index in [9.17, 15) is 10.4 Å². The van der Waals surface area contributed by atoms with Crippen LogP contribution in [-0.2, 0) is 4.74 Å². The van der Waals surface area contributed by atoms with Gasteiger partial charge in [0.15, 0.2) is 0 Å². The van der Waals surface area contributed by atoms with Gasteiger partial charge in [-0.1, -0.05) is 0 Å². The molecule has 1 aliphatic heterocycles. The number of hydrogen-bond donors (Lipinski definition) is 1. The average Bonchev–Trinajstić information content (AvgIpc) is 2.55. The van der Waals surface area contributed by atoms with Gasteiger partial charge in [0.2, 0.25) is 0 Å². The Balaban J connectivity index is 1.75. The minimum absolute atomic E-state index is 0.0941. The number of nitrogens with zero attached hydrogens (tertiary/aromatic N) is 3. The molecule has 1 spiro atoms. The molecular formula is C17H23N3O2. The highest BCUT2D eigenvalue weighted by molar-refractivity contribution is 5.54. The molecule has 2 heterocycles. The standard InChI is InChI=1S/C17H23N3O2/c1-3-22-15-10-14(21)17(15)6-8-20(9-7-17)16-13(11-18)5-4-12(2)19-16/h4-5,14-15,21H,3,6-10H2,1-2H3. The number of anilines is 1. The molecule has 1 saturated heterocycles. The maximum Gasteiger partial charge on any atom is 0.146 e. The number of aliphatic hydroxyl groups excluding tert-OH is 1. The Kier molecular flexibility index (Phi) is 4.07. The lowest BCUT2D eigenvalue weighted by molar-refractivity contribution is -0.199. The molecule has 5 nitrogen and oxygen atoms in total. The number of aryl methyl sites for hydroxylation is 1. The van der Waals surface area contributed by atoms with Gasteiger partial charge in [-0.05, 0) is 38.8 Å². The highest BCUT2D eigenvalue weighted by atomic mass is 16.5. The molecule has 1 aliphatic carbocycles. The number of piperidine rings is 1. The van der Waals surface area contributed by atoms with Gasteiger partial charge in [-0.25, -0.2) is 4.98 Å². The monoisotopic (exact) mass is 301 g/mol. The van der Waals surface area contributed by atoms with Crippen molar-refractivity contribution in [3.05, 3.63) is 23.4 Å². The first-order valence-corrected chi connectivity index (χ1v) is 8.03. The SMILES string of the molecule is CCOC1CC(O)C12CCN(c1nc(C)ccc1C#N)CC2. The minimum atomic E-state index is -0.257. The Morgan fingerprint density at radius 3 is 2.77 bits per heavy atom. The van der Waals surface area contributed by atoms with E-state index >= 15 is 0 Å². The summed E-state index contributed by atoms with van der Waals surface area (Å²) in [5.41, 5.74) is 1.45. The molecule has 0 aromatic carbocycles. The summed E-state index contributed by atoms with van der Waals surface area (Å²) >= 11 is 0. The summed E-state index contributed by atoms with van der Waals surface area (Å²) in [6.45, 7) is 6.26. The zero-order valence-corrected chi connectivity index (χ0v) is 13.2. The summed E-state index contributed by atoms with van der Waals surface area (Å²) in [6, 6.07) is 5.93. The van der Waals surface area contributed by atoms with Gasteiger partial charge in [-0.3, -0.25) is 0 Å². The molecule has 1 saturated carbocycles. The van der Waals surface area contributed by atoms with E-state index in [0.717, 1.165) is 43.9 Å².